The lowest BCUT2D eigenvalue weighted by Crippen LogP contribution is -2.41. The molecule has 0 aromatic heterocycles. The summed E-state index contributed by atoms with van der Waals surface area (Å²) in [6.07, 6.45) is 9.62. The smallest absolute Gasteiger partial charge is 0.0468 e. The predicted octanol–water partition coefficient (Wildman–Crippen LogP) is 2.97. The molecular formula is C14H27NO. The minimum atomic E-state index is 0.803. The largest absolute Gasteiger partial charge is 0.381 e. The van der Waals surface area contributed by atoms with Gasteiger partial charge in [0.15, 0.2) is 0 Å². The van der Waals surface area contributed by atoms with Crippen LogP contribution < -0.4 is 5.32 Å². The van der Waals surface area contributed by atoms with Crippen molar-refractivity contribution in [1.82, 2.24) is 5.32 Å². The van der Waals surface area contributed by atoms with Crippen LogP contribution >= 0.6 is 0 Å². The third-order valence-corrected chi connectivity index (χ3v) is 4.30. The van der Waals surface area contributed by atoms with Crippen LogP contribution in [0.3, 0.4) is 0 Å². The van der Waals surface area contributed by atoms with Gasteiger partial charge in [-0.05, 0) is 56.9 Å². The Hall–Kier alpha value is -0.0800. The highest BCUT2D eigenvalue weighted by atomic mass is 16.5. The molecule has 2 rings (SSSR count). The Bertz CT molecular complexity index is 185. The molecular weight excluding hydrogens is 198 g/mol. The summed E-state index contributed by atoms with van der Waals surface area (Å²) in [7, 11) is 0. The van der Waals surface area contributed by atoms with Gasteiger partial charge in [0.2, 0.25) is 0 Å². The van der Waals surface area contributed by atoms with Crippen LogP contribution in [-0.4, -0.2) is 25.8 Å². The Morgan fingerprint density at radius 1 is 1.19 bits per heavy atom. The Balaban J connectivity index is 1.75. The van der Waals surface area contributed by atoms with Gasteiger partial charge in [0.25, 0.3) is 0 Å². The average Bonchev–Trinajstić information content (AvgIpc) is 2.25. The third kappa shape index (κ3) is 3.46. The Labute approximate surface area is 100 Å². The minimum absolute atomic E-state index is 0.803. The molecule has 1 saturated carbocycles. The standard InChI is InChI=1S/C14H27NO/c1-2-8-15-14(13-4-3-5-13)11-12-6-9-16-10-7-12/h12-15H,2-11H2,1H3. The molecule has 94 valence electrons. The fourth-order valence-corrected chi connectivity index (χ4v) is 2.96. The van der Waals surface area contributed by atoms with Gasteiger partial charge in [-0.25, -0.2) is 0 Å². The number of nitrogens with one attached hydrogen (secondary N) is 1. The van der Waals surface area contributed by atoms with Crippen LogP contribution in [0, 0.1) is 11.8 Å². The number of ether oxygens (including phenoxy) is 1. The molecule has 1 unspecified atom stereocenters. The molecule has 0 radical (unpaired) electrons. The lowest BCUT2D eigenvalue weighted by atomic mass is 9.75. The van der Waals surface area contributed by atoms with E-state index in [-0.39, 0.29) is 0 Å². The van der Waals surface area contributed by atoms with Crippen molar-refractivity contribution in [3.63, 3.8) is 0 Å². The van der Waals surface area contributed by atoms with Crippen LogP contribution in [-0.2, 0) is 4.74 Å². The maximum absolute atomic E-state index is 5.44. The Morgan fingerprint density at radius 3 is 2.50 bits per heavy atom. The van der Waals surface area contributed by atoms with Gasteiger partial charge in [0.05, 0.1) is 0 Å². The third-order valence-electron chi connectivity index (χ3n) is 4.30. The van der Waals surface area contributed by atoms with Crippen molar-refractivity contribution in [1.29, 1.82) is 0 Å². The zero-order chi connectivity index (χ0) is 11.2. The maximum atomic E-state index is 5.44. The number of hydrogen-bond acceptors (Lipinski definition) is 2. The molecule has 1 saturated heterocycles. The van der Waals surface area contributed by atoms with Gasteiger partial charge in [-0.1, -0.05) is 13.3 Å². The van der Waals surface area contributed by atoms with Crippen LogP contribution in [0.25, 0.3) is 0 Å². The van der Waals surface area contributed by atoms with E-state index in [1.54, 1.807) is 0 Å². The summed E-state index contributed by atoms with van der Waals surface area (Å²) in [4.78, 5) is 0. The topological polar surface area (TPSA) is 21.3 Å². The van der Waals surface area contributed by atoms with Gasteiger partial charge in [0.1, 0.15) is 0 Å². The second-order valence-corrected chi connectivity index (χ2v) is 5.54. The first-order valence-corrected chi connectivity index (χ1v) is 7.21. The summed E-state index contributed by atoms with van der Waals surface area (Å²) in [5.41, 5.74) is 0. The highest BCUT2D eigenvalue weighted by molar-refractivity contribution is 4.85. The normalized spacial score (nSPS) is 25.3. The Kier molecular flexibility index (Phi) is 5.11. The van der Waals surface area contributed by atoms with E-state index in [0.29, 0.717) is 0 Å². The average molecular weight is 225 g/mol. The first-order chi connectivity index (χ1) is 7.90. The van der Waals surface area contributed by atoms with Gasteiger partial charge in [-0.3, -0.25) is 0 Å². The van der Waals surface area contributed by atoms with Gasteiger partial charge in [-0.2, -0.15) is 0 Å². The summed E-state index contributed by atoms with van der Waals surface area (Å²) in [5.74, 6) is 1.90. The molecule has 0 amide bonds. The predicted molar refractivity (Wildman–Crippen MR) is 67.6 cm³/mol. The second kappa shape index (κ2) is 6.61. The fourth-order valence-electron chi connectivity index (χ4n) is 2.96. The zero-order valence-corrected chi connectivity index (χ0v) is 10.7. The van der Waals surface area contributed by atoms with Crippen molar-refractivity contribution >= 4 is 0 Å². The summed E-state index contributed by atoms with van der Waals surface area (Å²) in [6.45, 7) is 5.45. The molecule has 1 heterocycles. The molecule has 2 fully saturated rings. The highest BCUT2D eigenvalue weighted by Crippen LogP contribution is 2.34. The molecule has 0 aromatic rings. The molecule has 1 atom stereocenters. The van der Waals surface area contributed by atoms with E-state index in [0.717, 1.165) is 31.1 Å². The summed E-state index contributed by atoms with van der Waals surface area (Å²) < 4.78 is 5.44. The van der Waals surface area contributed by atoms with Gasteiger partial charge >= 0.3 is 0 Å². The molecule has 1 N–H and O–H groups in total. The van der Waals surface area contributed by atoms with E-state index in [9.17, 15) is 0 Å². The van der Waals surface area contributed by atoms with Crippen molar-refractivity contribution in [2.24, 2.45) is 11.8 Å². The number of rotatable bonds is 6. The molecule has 0 aromatic carbocycles. The summed E-state index contributed by atoms with van der Waals surface area (Å²) in [5, 5.41) is 3.78. The van der Waals surface area contributed by atoms with E-state index >= 15 is 0 Å². The maximum Gasteiger partial charge on any atom is 0.0468 e. The lowest BCUT2D eigenvalue weighted by molar-refractivity contribution is 0.0546. The van der Waals surface area contributed by atoms with Crippen LogP contribution in [0.15, 0.2) is 0 Å². The first kappa shape index (κ1) is 12.4. The summed E-state index contributed by atoms with van der Waals surface area (Å²) in [6, 6.07) is 0.803. The second-order valence-electron chi connectivity index (χ2n) is 5.54. The minimum Gasteiger partial charge on any atom is -0.381 e. The molecule has 0 bridgehead atoms. The van der Waals surface area contributed by atoms with Crippen LogP contribution in [0.2, 0.25) is 0 Å². The van der Waals surface area contributed by atoms with E-state index in [1.165, 1.54) is 51.5 Å². The van der Waals surface area contributed by atoms with Crippen molar-refractivity contribution in [2.75, 3.05) is 19.8 Å². The SMILES string of the molecule is CCCNC(CC1CCOCC1)C1CCC1. The van der Waals surface area contributed by atoms with Crippen molar-refractivity contribution in [3.8, 4) is 0 Å². The molecule has 1 aliphatic heterocycles. The molecule has 2 nitrogen and oxygen atoms in total. The molecule has 1 aliphatic carbocycles. The lowest BCUT2D eigenvalue weighted by Gasteiger charge is -2.37. The van der Waals surface area contributed by atoms with E-state index in [1.807, 2.05) is 0 Å². The molecule has 2 aliphatic rings. The van der Waals surface area contributed by atoms with Crippen molar-refractivity contribution < 1.29 is 4.74 Å². The van der Waals surface area contributed by atoms with Crippen molar-refractivity contribution in [2.45, 2.75) is 57.9 Å². The van der Waals surface area contributed by atoms with E-state index in [2.05, 4.69) is 12.2 Å². The fraction of sp³-hybridized carbons (Fsp3) is 1.00. The molecule has 2 heteroatoms. The van der Waals surface area contributed by atoms with Crippen LogP contribution in [0.1, 0.15) is 51.9 Å². The highest BCUT2D eigenvalue weighted by Gasteiger charge is 2.29. The Morgan fingerprint density at radius 2 is 1.94 bits per heavy atom. The monoisotopic (exact) mass is 225 g/mol. The molecule has 16 heavy (non-hydrogen) atoms. The summed E-state index contributed by atoms with van der Waals surface area (Å²) >= 11 is 0. The van der Waals surface area contributed by atoms with Crippen LogP contribution in [0.4, 0.5) is 0 Å². The molecule has 0 spiro atoms. The number of hydrogen-bond donors (Lipinski definition) is 1. The van der Waals surface area contributed by atoms with E-state index in [4.69, 9.17) is 4.74 Å². The first-order valence-electron chi connectivity index (χ1n) is 7.21. The van der Waals surface area contributed by atoms with Crippen LogP contribution in [0.5, 0.6) is 0 Å². The van der Waals surface area contributed by atoms with E-state index < -0.39 is 0 Å². The quantitative estimate of drug-likeness (QED) is 0.750. The van der Waals surface area contributed by atoms with Gasteiger partial charge < -0.3 is 10.1 Å². The van der Waals surface area contributed by atoms with Crippen molar-refractivity contribution in [3.05, 3.63) is 0 Å². The zero-order valence-electron chi connectivity index (χ0n) is 10.7. The van der Waals surface area contributed by atoms with Gasteiger partial charge in [0, 0.05) is 19.3 Å². The van der Waals surface area contributed by atoms with Gasteiger partial charge in [-0.15, -0.1) is 0 Å².